The molecular weight excluding hydrogens is 332 g/mol. The van der Waals surface area contributed by atoms with Gasteiger partial charge in [-0.25, -0.2) is 0 Å². The third-order valence-corrected chi connectivity index (χ3v) is 3.98. The lowest BCUT2D eigenvalue weighted by molar-refractivity contribution is -0.130. The predicted octanol–water partition coefficient (Wildman–Crippen LogP) is 3.37. The summed E-state index contributed by atoms with van der Waals surface area (Å²) in [6, 6.07) is 5.73. The smallest absolute Gasteiger partial charge is 0.242 e. The molecule has 1 rings (SSSR count). The molecule has 1 aromatic rings. The molecule has 1 aromatic carbocycles. The Labute approximate surface area is 135 Å². The molecule has 0 fully saturated rings. The van der Waals surface area contributed by atoms with Gasteiger partial charge in [-0.2, -0.15) is 0 Å². The van der Waals surface area contributed by atoms with Crippen molar-refractivity contribution in [3.8, 4) is 0 Å². The number of rotatable bonds is 6. The van der Waals surface area contributed by atoms with Crippen LogP contribution in [0, 0.1) is 6.92 Å². The van der Waals surface area contributed by atoms with Crippen LogP contribution in [-0.4, -0.2) is 36.9 Å². The van der Waals surface area contributed by atoms with Gasteiger partial charge < -0.3 is 9.80 Å². The van der Waals surface area contributed by atoms with E-state index in [2.05, 4.69) is 22.9 Å². The number of hydrogen-bond acceptors (Lipinski definition) is 2. The molecule has 0 aliphatic rings. The molecule has 0 atom stereocenters. The molecule has 0 saturated carbocycles. The molecule has 0 unspecified atom stereocenters. The minimum absolute atomic E-state index is 0.0499. The number of halogens is 1. The van der Waals surface area contributed by atoms with Gasteiger partial charge in [-0.15, -0.1) is 0 Å². The van der Waals surface area contributed by atoms with E-state index in [0.29, 0.717) is 0 Å². The van der Waals surface area contributed by atoms with Gasteiger partial charge in [0.2, 0.25) is 11.8 Å². The lowest BCUT2D eigenvalue weighted by Gasteiger charge is -2.25. The highest BCUT2D eigenvalue weighted by Gasteiger charge is 2.20. The number of nitrogens with zero attached hydrogens (tertiary/aromatic N) is 2. The number of hydrogen-bond donors (Lipinski definition) is 0. The first-order chi connectivity index (χ1) is 9.86. The van der Waals surface area contributed by atoms with Crippen molar-refractivity contribution in [2.45, 2.75) is 33.6 Å². The zero-order chi connectivity index (χ0) is 16.0. The van der Waals surface area contributed by atoms with Crippen LogP contribution in [0.1, 0.15) is 32.3 Å². The average Bonchev–Trinajstić information content (AvgIpc) is 2.42. The van der Waals surface area contributed by atoms with Crippen LogP contribution >= 0.6 is 15.9 Å². The Bertz CT molecular complexity index is 517. The minimum Gasteiger partial charge on any atom is -0.344 e. The maximum atomic E-state index is 12.2. The Morgan fingerprint density at radius 1 is 1.29 bits per heavy atom. The quantitative estimate of drug-likeness (QED) is 0.785. The van der Waals surface area contributed by atoms with Crippen molar-refractivity contribution in [3.63, 3.8) is 0 Å². The van der Waals surface area contributed by atoms with Crippen LogP contribution in [-0.2, 0) is 9.59 Å². The van der Waals surface area contributed by atoms with Crippen LogP contribution < -0.4 is 4.90 Å². The van der Waals surface area contributed by atoms with Gasteiger partial charge in [-0.05, 0) is 47.0 Å². The lowest BCUT2D eigenvalue weighted by atomic mass is 10.2. The van der Waals surface area contributed by atoms with Crippen molar-refractivity contribution in [3.05, 3.63) is 28.2 Å². The maximum Gasteiger partial charge on any atom is 0.242 e. The third kappa shape index (κ3) is 5.16. The normalized spacial score (nSPS) is 10.3. The van der Waals surface area contributed by atoms with E-state index in [9.17, 15) is 9.59 Å². The van der Waals surface area contributed by atoms with Crippen molar-refractivity contribution in [2.24, 2.45) is 0 Å². The lowest BCUT2D eigenvalue weighted by Crippen LogP contribution is -2.41. The Hall–Kier alpha value is -1.36. The second-order valence-electron chi connectivity index (χ2n) is 5.23. The molecule has 4 nitrogen and oxygen atoms in total. The first kappa shape index (κ1) is 17.7. The Morgan fingerprint density at radius 3 is 2.48 bits per heavy atom. The summed E-state index contributed by atoms with van der Waals surface area (Å²) in [6.07, 6.45) is 2.01. The van der Waals surface area contributed by atoms with Gasteiger partial charge in [0.25, 0.3) is 0 Å². The molecule has 116 valence electrons. The Morgan fingerprint density at radius 2 is 1.95 bits per heavy atom. The average molecular weight is 355 g/mol. The van der Waals surface area contributed by atoms with E-state index in [1.165, 1.54) is 11.8 Å². The molecule has 2 amide bonds. The van der Waals surface area contributed by atoms with E-state index in [1.54, 1.807) is 11.9 Å². The monoisotopic (exact) mass is 354 g/mol. The topological polar surface area (TPSA) is 40.6 Å². The van der Waals surface area contributed by atoms with Gasteiger partial charge in [0.1, 0.15) is 6.54 Å². The number of likely N-dealkylation sites (N-methyl/N-ethyl adjacent to an activating group) is 1. The molecule has 0 bridgehead atoms. The first-order valence-corrected chi connectivity index (χ1v) is 7.94. The van der Waals surface area contributed by atoms with E-state index in [1.807, 2.05) is 25.1 Å². The molecule has 0 aliphatic carbocycles. The van der Waals surface area contributed by atoms with Crippen molar-refractivity contribution >= 4 is 33.4 Å². The molecule has 0 aliphatic heterocycles. The fourth-order valence-corrected chi connectivity index (χ4v) is 2.68. The number of benzene rings is 1. The Kier molecular flexibility index (Phi) is 6.89. The number of unbranched alkanes of at least 4 members (excludes halogenated alkanes) is 1. The van der Waals surface area contributed by atoms with Crippen LogP contribution in [0.15, 0.2) is 22.7 Å². The SMILES string of the molecule is CCCCN(C)C(=O)CN(C(C)=O)c1ccc(C)cc1Br. The summed E-state index contributed by atoms with van der Waals surface area (Å²) in [5, 5.41) is 0. The minimum atomic E-state index is -0.142. The van der Waals surface area contributed by atoms with Crippen LogP contribution in [0.4, 0.5) is 5.69 Å². The number of carbonyl (C=O) groups excluding carboxylic acids is 2. The molecular formula is C16H23BrN2O2. The highest BCUT2D eigenvalue weighted by atomic mass is 79.9. The number of anilines is 1. The molecule has 0 aromatic heterocycles. The van der Waals surface area contributed by atoms with Crippen molar-refractivity contribution in [2.75, 3.05) is 25.0 Å². The summed E-state index contributed by atoms with van der Waals surface area (Å²) in [5.74, 6) is -0.192. The summed E-state index contributed by atoms with van der Waals surface area (Å²) in [5.41, 5.74) is 1.82. The van der Waals surface area contributed by atoms with Crippen LogP contribution in [0.3, 0.4) is 0 Å². The van der Waals surface area contributed by atoms with Crippen molar-refractivity contribution < 1.29 is 9.59 Å². The molecule has 0 N–H and O–H groups in total. The standard InChI is InChI=1S/C16H23BrN2O2/c1-5-6-9-18(4)16(21)11-19(13(3)20)15-8-7-12(2)10-14(15)17/h7-8,10H,5-6,9,11H2,1-4H3. The van der Waals surface area contributed by atoms with Gasteiger partial charge in [0.05, 0.1) is 5.69 Å². The Balaban J connectivity index is 2.88. The van der Waals surface area contributed by atoms with E-state index < -0.39 is 0 Å². The summed E-state index contributed by atoms with van der Waals surface area (Å²) in [4.78, 5) is 27.3. The first-order valence-electron chi connectivity index (χ1n) is 7.15. The third-order valence-electron chi connectivity index (χ3n) is 3.34. The largest absolute Gasteiger partial charge is 0.344 e. The van der Waals surface area contributed by atoms with Gasteiger partial charge in [-0.3, -0.25) is 9.59 Å². The van der Waals surface area contributed by atoms with Crippen LogP contribution in [0.25, 0.3) is 0 Å². The van der Waals surface area contributed by atoms with E-state index in [4.69, 9.17) is 0 Å². The van der Waals surface area contributed by atoms with Gasteiger partial charge in [0, 0.05) is 25.0 Å². The molecule has 0 saturated heterocycles. The molecule has 0 spiro atoms. The van der Waals surface area contributed by atoms with E-state index in [-0.39, 0.29) is 18.4 Å². The zero-order valence-electron chi connectivity index (χ0n) is 13.1. The second kappa shape index (κ2) is 8.17. The summed E-state index contributed by atoms with van der Waals surface area (Å²) >= 11 is 3.47. The highest BCUT2D eigenvalue weighted by molar-refractivity contribution is 9.10. The summed E-state index contributed by atoms with van der Waals surface area (Å²) in [7, 11) is 1.78. The number of aryl methyl sites for hydroxylation is 1. The summed E-state index contributed by atoms with van der Waals surface area (Å²) in [6.45, 7) is 6.33. The van der Waals surface area contributed by atoms with Crippen LogP contribution in [0.2, 0.25) is 0 Å². The second-order valence-corrected chi connectivity index (χ2v) is 6.08. The fourth-order valence-electron chi connectivity index (χ4n) is 1.97. The molecule has 21 heavy (non-hydrogen) atoms. The summed E-state index contributed by atoms with van der Waals surface area (Å²) < 4.78 is 0.821. The molecule has 0 heterocycles. The molecule has 0 radical (unpaired) electrons. The molecule has 5 heteroatoms. The highest BCUT2D eigenvalue weighted by Crippen LogP contribution is 2.27. The van der Waals surface area contributed by atoms with E-state index >= 15 is 0 Å². The van der Waals surface area contributed by atoms with Crippen LogP contribution in [0.5, 0.6) is 0 Å². The zero-order valence-corrected chi connectivity index (χ0v) is 14.7. The maximum absolute atomic E-state index is 12.2. The van der Waals surface area contributed by atoms with Gasteiger partial charge >= 0.3 is 0 Å². The fraction of sp³-hybridized carbons (Fsp3) is 0.500. The van der Waals surface area contributed by atoms with Crippen molar-refractivity contribution in [1.82, 2.24) is 4.90 Å². The number of carbonyl (C=O) groups is 2. The van der Waals surface area contributed by atoms with Gasteiger partial charge in [0.15, 0.2) is 0 Å². The van der Waals surface area contributed by atoms with E-state index in [0.717, 1.165) is 35.1 Å². The van der Waals surface area contributed by atoms with Gasteiger partial charge in [-0.1, -0.05) is 19.4 Å². The van der Waals surface area contributed by atoms with Crippen molar-refractivity contribution in [1.29, 1.82) is 0 Å². The number of amides is 2. The predicted molar refractivity (Wildman–Crippen MR) is 89.5 cm³/mol.